The van der Waals surface area contributed by atoms with E-state index in [1.807, 2.05) is 64.5 Å². The van der Waals surface area contributed by atoms with Crippen LogP contribution in [0.4, 0.5) is 13.2 Å². The number of amides is 1. The summed E-state index contributed by atoms with van der Waals surface area (Å²) in [6, 6.07) is 5.90. The lowest BCUT2D eigenvalue weighted by atomic mass is 10.0. The number of carboxylic acids is 1. The number of H-pyrrole nitrogens is 1. The topological polar surface area (TPSA) is 161 Å². The summed E-state index contributed by atoms with van der Waals surface area (Å²) in [6.45, 7) is 10.4. The van der Waals surface area contributed by atoms with Gasteiger partial charge in [0.1, 0.15) is 22.7 Å². The van der Waals surface area contributed by atoms with Crippen LogP contribution in [-0.4, -0.2) is 65.6 Å². The number of aromatic nitrogens is 5. The van der Waals surface area contributed by atoms with Crippen molar-refractivity contribution in [2.75, 3.05) is 6.61 Å². The number of hydrogen-bond acceptors (Lipinski definition) is 7. The summed E-state index contributed by atoms with van der Waals surface area (Å²) in [4.78, 5) is 34.0. The number of alkyl halides is 3. The summed E-state index contributed by atoms with van der Waals surface area (Å²) in [5, 5.41) is 15.7. The third-order valence-electron chi connectivity index (χ3n) is 5.66. The van der Waals surface area contributed by atoms with Gasteiger partial charge in [-0.3, -0.25) is 9.48 Å². The van der Waals surface area contributed by atoms with Gasteiger partial charge >= 0.3 is 12.1 Å². The normalized spacial score (nSPS) is 12.2. The van der Waals surface area contributed by atoms with E-state index in [0.29, 0.717) is 34.7 Å². The van der Waals surface area contributed by atoms with Crippen LogP contribution in [0.5, 0.6) is 5.75 Å². The van der Waals surface area contributed by atoms with Gasteiger partial charge in [-0.05, 0) is 65.7 Å². The van der Waals surface area contributed by atoms with Gasteiger partial charge in [-0.2, -0.15) is 18.3 Å². The number of carboxylic acid groups (broad SMARTS) is 1. The quantitative estimate of drug-likeness (QED) is 0.232. The van der Waals surface area contributed by atoms with Gasteiger partial charge in [0, 0.05) is 29.7 Å². The predicted molar refractivity (Wildman–Crippen MR) is 148 cm³/mol. The van der Waals surface area contributed by atoms with Crippen molar-refractivity contribution in [2.45, 2.75) is 64.7 Å². The number of aromatic amines is 1. The first kappa shape index (κ1) is 31.3. The van der Waals surface area contributed by atoms with Crippen LogP contribution in [0, 0.1) is 0 Å². The zero-order chi connectivity index (χ0) is 30.8. The molecule has 1 aromatic carbocycles. The predicted octanol–water partition coefficient (Wildman–Crippen LogP) is 4.57. The van der Waals surface area contributed by atoms with E-state index in [4.69, 9.17) is 25.4 Å². The van der Waals surface area contributed by atoms with Crippen LogP contribution in [0.25, 0.3) is 33.5 Å². The second kappa shape index (κ2) is 11.7. The number of aryl methyl sites for hydroxylation is 1. The van der Waals surface area contributed by atoms with Crippen molar-refractivity contribution in [1.29, 1.82) is 0 Å². The first-order valence-electron chi connectivity index (χ1n) is 12.7. The van der Waals surface area contributed by atoms with Crippen LogP contribution in [0.1, 0.15) is 57.8 Å². The Balaban J connectivity index is 0.000000587. The second-order valence-corrected chi connectivity index (χ2v) is 11.3. The number of nitrogens with zero attached hydrogens (tertiary/aromatic N) is 4. The Hall–Kier alpha value is -4.20. The zero-order valence-electron chi connectivity index (χ0n) is 23.7. The molecule has 3 heterocycles. The number of benzene rings is 1. The summed E-state index contributed by atoms with van der Waals surface area (Å²) in [7, 11) is 1.89. The van der Waals surface area contributed by atoms with Gasteiger partial charge in [-0.25, -0.2) is 14.8 Å². The van der Waals surface area contributed by atoms with E-state index in [1.165, 1.54) is 0 Å². The molecule has 0 saturated carbocycles. The molecule has 3 aromatic heterocycles. The third kappa shape index (κ3) is 8.39. The lowest BCUT2D eigenvalue weighted by molar-refractivity contribution is -0.192. The smallest absolute Gasteiger partial charge is 0.490 e. The largest absolute Gasteiger partial charge is 0.494 e. The highest BCUT2D eigenvalue weighted by atomic mass is 19.4. The summed E-state index contributed by atoms with van der Waals surface area (Å²) in [5.41, 5.74) is 9.23. The van der Waals surface area contributed by atoms with Gasteiger partial charge in [0.15, 0.2) is 5.65 Å². The van der Waals surface area contributed by atoms with Crippen molar-refractivity contribution < 1.29 is 32.6 Å². The van der Waals surface area contributed by atoms with Crippen LogP contribution in [0.2, 0.25) is 0 Å². The average molecular weight is 578 g/mol. The number of halogens is 3. The molecule has 0 bridgehead atoms. The van der Waals surface area contributed by atoms with E-state index in [1.54, 1.807) is 12.4 Å². The van der Waals surface area contributed by atoms with E-state index in [0.717, 1.165) is 29.5 Å². The van der Waals surface area contributed by atoms with Gasteiger partial charge in [0.05, 0.1) is 23.9 Å². The van der Waals surface area contributed by atoms with Gasteiger partial charge < -0.3 is 25.9 Å². The lowest BCUT2D eigenvalue weighted by Gasteiger charge is -2.19. The molecule has 0 fully saturated rings. The van der Waals surface area contributed by atoms with Crippen molar-refractivity contribution in [3.05, 3.63) is 36.2 Å². The van der Waals surface area contributed by atoms with E-state index in [9.17, 15) is 18.0 Å². The average Bonchev–Trinajstić information content (AvgIpc) is 3.40. The summed E-state index contributed by atoms with van der Waals surface area (Å²) < 4.78 is 39.5. The number of aliphatic carboxylic acids is 1. The van der Waals surface area contributed by atoms with Crippen molar-refractivity contribution in [2.24, 2.45) is 12.8 Å². The fourth-order valence-corrected chi connectivity index (χ4v) is 3.83. The Morgan fingerprint density at radius 3 is 2.41 bits per heavy atom. The first-order valence-corrected chi connectivity index (χ1v) is 12.7. The molecular formula is C27H34F3N7O4. The number of nitrogens with two attached hydrogens (primary N) is 1. The molecule has 11 nitrogen and oxygen atoms in total. The number of ether oxygens (including phenoxy) is 1. The van der Waals surface area contributed by atoms with Crippen LogP contribution in [0.3, 0.4) is 0 Å². The molecule has 14 heteroatoms. The summed E-state index contributed by atoms with van der Waals surface area (Å²) in [6.07, 6.45) is -0.0230. The number of carbonyl (C=O) groups is 2. The van der Waals surface area contributed by atoms with Gasteiger partial charge in [-0.1, -0.05) is 0 Å². The fourth-order valence-electron chi connectivity index (χ4n) is 3.83. The van der Waals surface area contributed by atoms with Crippen LogP contribution < -0.4 is 15.8 Å². The van der Waals surface area contributed by atoms with Gasteiger partial charge in [0.2, 0.25) is 0 Å². The molecule has 5 N–H and O–H groups in total. The molecular weight excluding hydrogens is 543 g/mol. The van der Waals surface area contributed by atoms with E-state index >= 15 is 0 Å². The van der Waals surface area contributed by atoms with Crippen molar-refractivity contribution in [3.8, 4) is 17.1 Å². The maximum Gasteiger partial charge on any atom is 0.490 e. The SMILES string of the molecule is Cn1nc(-c2cnc3[nH]cc(C(=O)NC(C)(C)C)c3n2)c2cc(OCCCC(C)(C)N)ccc21.O=C(O)C(F)(F)F. The molecule has 41 heavy (non-hydrogen) atoms. The Morgan fingerprint density at radius 2 is 1.83 bits per heavy atom. The maximum atomic E-state index is 12.8. The van der Waals surface area contributed by atoms with Crippen LogP contribution >= 0.6 is 0 Å². The fraction of sp³-hybridized carbons (Fsp3) is 0.444. The highest BCUT2D eigenvalue weighted by Crippen LogP contribution is 2.30. The highest BCUT2D eigenvalue weighted by molar-refractivity contribution is 6.05. The standard InChI is InChI=1S/C25H33N7O2.C2HF3O2/c1-24(2,3)30-23(33)17-13-27-22-21(17)29-18(14-28-22)20-16-12-15(8-9-19(16)32(6)31-20)34-11-7-10-25(4,5)26;3-2(4,5)1(6)7/h8-9,12-14H,7,10-11,26H2,1-6H3,(H,27,28)(H,30,33);(H,6,7). The third-order valence-corrected chi connectivity index (χ3v) is 5.66. The number of rotatable bonds is 7. The van der Waals surface area contributed by atoms with E-state index in [2.05, 4.69) is 20.4 Å². The maximum absolute atomic E-state index is 12.8. The minimum Gasteiger partial charge on any atom is -0.494 e. The Labute approximate surface area is 234 Å². The summed E-state index contributed by atoms with van der Waals surface area (Å²) in [5.74, 6) is -2.20. The van der Waals surface area contributed by atoms with Gasteiger partial charge in [0.25, 0.3) is 5.91 Å². The molecule has 0 aliphatic rings. The number of nitrogens with one attached hydrogen (secondary N) is 2. The molecule has 4 rings (SSSR count). The number of hydrogen-bond donors (Lipinski definition) is 4. The van der Waals surface area contributed by atoms with E-state index in [-0.39, 0.29) is 17.0 Å². The van der Waals surface area contributed by atoms with Crippen molar-refractivity contribution in [3.63, 3.8) is 0 Å². The van der Waals surface area contributed by atoms with Crippen molar-refractivity contribution >= 4 is 33.9 Å². The highest BCUT2D eigenvalue weighted by Gasteiger charge is 2.38. The Kier molecular flexibility index (Phi) is 8.96. The van der Waals surface area contributed by atoms with Crippen LogP contribution in [-0.2, 0) is 11.8 Å². The molecule has 0 spiro atoms. The Bertz CT molecular complexity index is 1550. The molecule has 0 atom stereocenters. The van der Waals surface area contributed by atoms with E-state index < -0.39 is 12.1 Å². The molecule has 0 unspecified atom stereocenters. The molecule has 4 aromatic rings. The summed E-state index contributed by atoms with van der Waals surface area (Å²) >= 11 is 0. The van der Waals surface area contributed by atoms with Crippen LogP contribution in [0.15, 0.2) is 30.6 Å². The molecule has 0 aliphatic carbocycles. The zero-order valence-corrected chi connectivity index (χ0v) is 23.7. The molecule has 1 amide bonds. The second-order valence-electron chi connectivity index (χ2n) is 11.3. The van der Waals surface area contributed by atoms with Gasteiger partial charge in [-0.15, -0.1) is 0 Å². The molecule has 0 radical (unpaired) electrons. The lowest BCUT2D eigenvalue weighted by Crippen LogP contribution is -2.40. The number of fused-ring (bicyclic) bond motifs is 2. The minimum absolute atomic E-state index is 0.201. The monoisotopic (exact) mass is 577 g/mol. The van der Waals surface area contributed by atoms with Crippen molar-refractivity contribution in [1.82, 2.24) is 30.0 Å². The number of carbonyl (C=O) groups excluding carboxylic acids is 1. The first-order chi connectivity index (χ1) is 18.9. The minimum atomic E-state index is -5.08. The molecule has 0 aliphatic heterocycles. The molecule has 222 valence electrons. The Morgan fingerprint density at radius 1 is 1.17 bits per heavy atom. The molecule has 0 saturated heterocycles.